The molecule has 0 aliphatic carbocycles. The summed E-state index contributed by atoms with van der Waals surface area (Å²) < 4.78 is 34.6. The standard InChI is InChI=1S/C23H29N5O4S/c1-16-6-5-7-19-17(2)20(32-23(16)19)15-28(4)22(29)11-9-18-8-10-21(25-14-18)27-33(30,31)26-13-12-24-3/h5-11,14,24,26H,12-13,15H2,1-4H3,(H,25,27)/b11-9+. The monoisotopic (exact) mass is 471 g/mol. The van der Waals surface area contributed by atoms with Gasteiger partial charge in [0.2, 0.25) is 5.91 Å². The maximum atomic E-state index is 12.6. The summed E-state index contributed by atoms with van der Waals surface area (Å²) in [5, 5.41) is 3.91. The molecule has 2 heterocycles. The van der Waals surface area contributed by atoms with Crippen molar-refractivity contribution in [2.45, 2.75) is 20.4 Å². The Labute approximate surface area is 194 Å². The molecule has 0 aliphatic heterocycles. The topological polar surface area (TPSA) is 117 Å². The number of hydrogen-bond acceptors (Lipinski definition) is 6. The van der Waals surface area contributed by atoms with Crippen molar-refractivity contribution in [1.29, 1.82) is 0 Å². The number of benzene rings is 1. The fourth-order valence-corrected chi connectivity index (χ4v) is 4.06. The van der Waals surface area contributed by atoms with Gasteiger partial charge in [0.15, 0.2) is 0 Å². The molecule has 0 fully saturated rings. The molecular weight excluding hydrogens is 442 g/mol. The Morgan fingerprint density at radius 1 is 1.18 bits per heavy atom. The quantitative estimate of drug-likeness (QED) is 0.309. The summed E-state index contributed by atoms with van der Waals surface area (Å²) in [6.45, 7) is 5.11. The van der Waals surface area contributed by atoms with Gasteiger partial charge < -0.3 is 14.6 Å². The molecule has 0 unspecified atom stereocenters. The summed E-state index contributed by atoms with van der Waals surface area (Å²) in [5.41, 5.74) is 3.60. The first-order valence-electron chi connectivity index (χ1n) is 10.5. The first-order valence-corrected chi connectivity index (χ1v) is 12.0. The van der Waals surface area contributed by atoms with Crippen LogP contribution in [-0.2, 0) is 21.5 Å². The lowest BCUT2D eigenvalue weighted by atomic mass is 10.1. The lowest BCUT2D eigenvalue weighted by molar-refractivity contribution is -0.125. The van der Waals surface area contributed by atoms with Crippen molar-refractivity contribution in [1.82, 2.24) is 19.9 Å². The van der Waals surface area contributed by atoms with Crippen molar-refractivity contribution in [2.24, 2.45) is 0 Å². The van der Waals surface area contributed by atoms with Gasteiger partial charge in [0, 0.05) is 43.4 Å². The van der Waals surface area contributed by atoms with Crippen LogP contribution in [-0.4, -0.2) is 51.4 Å². The van der Waals surface area contributed by atoms with Crippen LogP contribution in [0.4, 0.5) is 5.82 Å². The van der Waals surface area contributed by atoms with Gasteiger partial charge in [-0.2, -0.15) is 13.1 Å². The van der Waals surface area contributed by atoms with Crippen LogP contribution in [0.5, 0.6) is 0 Å². The molecule has 3 rings (SSSR count). The molecule has 0 saturated heterocycles. The third kappa shape index (κ3) is 6.41. The summed E-state index contributed by atoms with van der Waals surface area (Å²) in [6.07, 6.45) is 4.57. The first kappa shape index (κ1) is 24.4. The zero-order chi connectivity index (χ0) is 24.0. The number of carbonyl (C=O) groups excluding carboxylic acids is 1. The second-order valence-corrected chi connectivity index (χ2v) is 9.21. The third-order valence-electron chi connectivity index (χ3n) is 5.13. The largest absolute Gasteiger partial charge is 0.459 e. The predicted octanol–water partition coefficient (Wildman–Crippen LogP) is 2.58. The molecule has 1 amide bonds. The highest BCUT2D eigenvalue weighted by molar-refractivity contribution is 7.90. The average molecular weight is 472 g/mol. The number of pyridine rings is 1. The Kier molecular flexibility index (Phi) is 7.85. The maximum Gasteiger partial charge on any atom is 0.300 e. The van der Waals surface area contributed by atoms with E-state index >= 15 is 0 Å². The van der Waals surface area contributed by atoms with Gasteiger partial charge in [0.1, 0.15) is 17.2 Å². The number of rotatable bonds is 10. The highest BCUT2D eigenvalue weighted by Gasteiger charge is 2.15. The zero-order valence-corrected chi connectivity index (χ0v) is 20.0. The summed E-state index contributed by atoms with van der Waals surface area (Å²) in [5.74, 6) is 0.749. The van der Waals surface area contributed by atoms with Crippen LogP contribution in [0.15, 0.2) is 47.0 Å². The molecule has 176 valence electrons. The summed E-state index contributed by atoms with van der Waals surface area (Å²) in [6, 6.07) is 9.21. The Morgan fingerprint density at radius 2 is 1.97 bits per heavy atom. The van der Waals surface area contributed by atoms with Gasteiger partial charge in [-0.15, -0.1) is 0 Å². The minimum absolute atomic E-state index is 0.184. The number of nitrogens with one attached hydrogen (secondary N) is 3. The molecule has 2 aromatic heterocycles. The van der Waals surface area contributed by atoms with Crippen LogP contribution >= 0.6 is 0 Å². The molecule has 3 aromatic rings. The number of nitrogens with zero attached hydrogens (tertiary/aromatic N) is 2. The molecule has 0 atom stereocenters. The smallest absolute Gasteiger partial charge is 0.300 e. The number of likely N-dealkylation sites (N-methyl/N-ethyl adjacent to an activating group) is 2. The van der Waals surface area contributed by atoms with Gasteiger partial charge in [0.25, 0.3) is 10.2 Å². The van der Waals surface area contributed by atoms with Crippen LogP contribution in [0.2, 0.25) is 0 Å². The number of aromatic nitrogens is 1. The number of amides is 1. The van der Waals surface area contributed by atoms with Gasteiger partial charge in [-0.05, 0) is 50.2 Å². The van der Waals surface area contributed by atoms with Crippen LogP contribution in [0.3, 0.4) is 0 Å². The molecular formula is C23H29N5O4S. The Balaban J connectivity index is 1.60. The number of para-hydroxylation sites is 1. The molecule has 0 bridgehead atoms. The summed E-state index contributed by atoms with van der Waals surface area (Å²) in [4.78, 5) is 18.2. The van der Waals surface area contributed by atoms with Crippen molar-refractivity contribution in [2.75, 3.05) is 31.9 Å². The second-order valence-electron chi connectivity index (χ2n) is 7.71. The van der Waals surface area contributed by atoms with Gasteiger partial charge in [0.05, 0.1) is 6.54 Å². The number of furan rings is 1. The van der Waals surface area contributed by atoms with Gasteiger partial charge in [-0.3, -0.25) is 9.52 Å². The highest BCUT2D eigenvalue weighted by Crippen LogP contribution is 2.28. The van der Waals surface area contributed by atoms with E-state index in [9.17, 15) is 13.2 Å². The molecule has 10 heteroatoms. The molecule has 3 N–H and O–H groups in total. The van der Waals surface area contributed by atoms with E-state index < -0.39 is 10.2 Å². The van der Waals surface area contributed by atoms with E-state index in [-0.39, 0.29) is 18.3 Å². The normalized spacial score (nSPS) is 11.9. The van der Waals surface area contributed by atoms with Crippen LogP contribution < -0.4 is 14.8 Å². The van der Waals surface area contributed by atoms with E-state index in [1.54, 1.807) is 31.1 Å². The Hall–Kier alpha value is -3.21. The molecule has 0 radical (unpaired) electrons. The fraction of sp³-hybridized carbons (Fsp3) is 0.304. The molecule has 9 nitrogen and oxygen atoms in total. The van der Waals surface area contributed by atoms with Crippen LogP contribution in [0, 0.1) is 13.8 Å². The maximum absolute atomic E-state index is 12.6. The minimum Gasteiger partial charge on any atom is -0.459 e. The average Bonchev–Trinajstić information content (AvgIpc) is 3.09. The van der Waals surface area contributed by atoms with E-state index in [0.29, 0.717) is 18.7 Å². The van der Waals surface area contributed by atoms with Gasteiger partial charge in [-0.25, -0.2) is 4.98 Å². The van der Waals surface area contributed by atoms with Crippen LogP contribution in [0.1, 0.15) is 22.5 Å². The van der Waals surface area contributed by atoms with E-state index in [2.05, 4.69) is 19.7 Å². The molecule has 0 aliphatic rings. The van der Waals surface area contributed by atoms with Crippen molar-refractivity contribution in [3.63, 3.8) is 0 Å². The van der Waals surface area contributed by atoms with Crippen molar-refractivity contribution in [3.05, 3.63) is 65.1 Å². The number of fused-ring (bicyclic) bond motifs is 1. The van der Waals surface area contributed by atoms with E-state index in [1.807, 2.05) is 32.0 Å². The molecule has 1 aromatic carbocycles. The number of aryl methyl sites for hydroxylation is 2. The fourth-order valence-electron chi connectivity index (χ4n) is 3.22. The van der Waals surface area contributed by atoms with Gasteiger partial charge in [-0.1, -0.05) is 18.2 Å². The highest BCUT2D eigenvalue weighted by atomic mass is 32.2. The first-order chi connectivity index (χ1) is 15.7. The second kappa shape index (κ2) is 10.6. The van der Waals surface area contributed by atoms with Gasteiger partial charge >= 0.3 is 0 Å². The van der Waals surface area contributed by atoms with E-state index in [1.165, 1.54) is 18.3 Å². The van der Waals surface area contributed by atoms with Crippen molar-refractivity contribution in [3.8, 4) is 0 Å². The van der Waals surface area contributed by atoms with E-state index in [0.717, 1.165) is 27.9 Å². The predicted molar refractivity (Wildman–Crippen MR) is 130 cm³/mol. The van der Waals surface area contributed by atoms with Crippen LogP contribution in [0.25, 0.3) is 17.0 Å². The number of anilines is 1. The Bertz CT molecular complexity index is 1250. The zero-order valence-electron chi connectivity index (χ0n) is 19.2. The summed E-state index contributed by atoms with van der Waals surface area (Å²) in [7, 11) is -0.246. The number of hydrogen-bond donors (Lipinski definition) is 3. The summed E-state index contributed by atoms with van der Waals surface area (Å²) >= 11 is 0. The molecule has 0 saturated carbocycles. The lowest BCUT2D eigenvalue weighted by Gasteiger charge is -2.13. The number of carbonyl (C=O) groups is 1. The lowest BCUT2D eigenvalue weighted by Crippen LogP contribution is -2.34. The SMILES string of the molecule is CNCCNS(=O)(=O)Nc1ccc(/C=C/C(=O)N(C)Cc2oc3c(C)cccc3c2C)cn1. The van der Waals surface area contributed by atoms with Crippen molar-refractivity contribution >= 4 is 39.0 Å². The van der Waals surface area contributed by atoms with E-state index in [4.69, 9.17) is 4.42 Å². The van der Waals surface area contributed by atoms with Crippen molar-refractivity contribution < 1.29 is 17.6 Å². The molecule has 0 spiro atoms. The minimum atomic E-state index is -3.69. The molecule has 33 heavy (non-hydrogen) atoms. The Morgan fingerprint density at radius 3 is 2.64 bits per heavy atom. The third-order valence-corrected chi connectivity index (χ3v) is 6.19.